The summed E-state index contributed by atoms with van der Waals surface area (Å²) in [5, 5.41) is 2.93. The van der Waals surface area contributed by atoms with E-state index in [9.17, 15) is 0 Å². The second-order valence-electron chi connectivity index (χ2n) is 4.24. The average molecular weight is 263 g/mol. The molecule has 0 atom stereocenters. The highest BCUT2D eigenvalue weighted by atomic mass is 32.1. The van der Waals surface area contributed by atoms with Crippen molar-refractivity contribution >= 4 is 17.0 Å². The minimum atomic E-state index is 0.633. The van der Waals surface area contributed by atoms with Gasteiger partial charge in [0.05, 0.1) is 5.69 Å². The first kappa shape index (κ1) is 12.9. The van der Waals surface area contributed by atoms with Crippen molar-refractivity contribution < 1.29 is 4.74 Å². The van der Waals surface area contributed by atoms with Crippen molar-refractivity contribution in [2.75, 3.05) is 33.0 Å². The number of hydrogen-bond acceptors (Lipinski definition) is 5. The van der Waals surface area contributed by atoms with Gasteiger partial charge in [0, 0.05) is 23.7 Å². The molecule has 4 nitrogen and oxygen atoms in total. The van der Waals surface area contributed by atoms with Gasteiger partial charge in [-0.05, 0) is 32.3 Å². The van der Waals surface area contributed by atoms with Gasteiger partial charge in [-0.25, -0.2) is 4.98 Å². The Morgan fingerprint density at radius 1 is 1.39 bits per heavy atom. The van der Waals surface area contributed by atoms with Crippen molar-refractivity contribution in [1.29, 1.82) is 0 Å². The molecule has 0 bridgehead atoms. The van der Waals surface area contributed by atoms with Gasteiger partial charge in [0.1, 0.15) is 17.4 Å². The van der Waals surface area contributed by atoms with Gasteiger partial charge < -0.3 is 15.4 Å². The van der Waals surface area contributed by atoms with E-state index in [-0.39, 0.29) is 0 Å². The fraction of sp³-hybridized carbons (Fsp3) is 0.308. The Hall–Kier alpha value is -1.59. The van der Waals surface area contributed by atoms with Crippen LogP contribution in [-0.2, 0) is 0 Å². The van der Waals surface area contributed by atoms with Gasteiger partial charge in [0.15, 0.2) is 0 Å². The standard InChI is InChI=1S/C13H17N3OS/c1-16(2)6-7-17-12-4-3-10(9-11(12)14)13-15-5-8-18-13/h3-5,8-9H,6-7,14H2,1-2H3. The number of likely N-dealkylation sites (N-methyl/N-ethyl adjacent to an activating group) is 1. The molecular formula is C13H17N3OS. The summed E-state index contributed by atoms with van der Waals surface area (Å²) >= 11 is 1.60. The van der Waals surface area contributed by atoms with Gasteiger partial charge in [0.25, 0.3) is 0 Å². The molecule has 0 unspecified atom stereocenters. The maximum absolute atomic E-state index is 5.98. The van der Waals surface area contributed by atoms with E-state index in [1.807, 2.05) is 37.7 Å². The van der Waals surface area contributed by atoms with Gasteiger partial charge in [-0.1, -0.05) is 0 Å². The Morgan fingerprint density at radius 2 is 2.22 bits per heavy atom. The lowest BCUT2D eigenvalue weighted by Gasteiger charge is -2.12. The third kappa shape index (κ3) is 3.21. The molecular weight excluding hydrogens is 246 g/mol. The third-order valence-electron chi connectivity index (χ3n) is 2.49. The summed E-state index contributed by atoms with van der Waals surface area (Å²) in [5.74, 6) is 0.733. The summed E-state index contributed by atoms with van der Waals surface area (Å²) in [6, 6.07) is 5.80. The van der Waals surface area contributed by atoms with Crippen LogP contribution in [0.25, 0.3) is 10.6 Å². The summed E-state index contributed by atoms with van der Waals surface area (Å²) in [5.41, 5.74) is 7.67. The van der Waals surface area contributed by atoms with Crippen LogP contribution >= 0.6 is 11.3 Å². The topological polar surface area (TPSA) is 51.4 Å². The largest absolute Gasteiger partial charge is 0.490 e. The lowest BCUT2D eigenvalue weighted by molar-refractivity contribution is 0.262. The Morgan fingerprint density at radius 3 is 2.83 bits per heavy atom. The van der Waals surface area contributed by atoms with Crippen LogP contribution in [0.1, 0.15) is 0 Å². The van der Waals surface area contributed by atoms with Crippen LogP contribution in [0, 0.1) is 0 Å². The zero-order valence-electron chi connectivity index (χ0n) is 10.6. The predicted molar refractivity (Wildman–Crippen MR) is 76.0 cm³/mol. The first-order chi connectivity index (χ1) is 8.66. The van der Waals surface area contributed by atoms with E-state index in [4.69, 9.17) is 10.5 Å². The molecule has 0 aliphatic heterocycles. The SMILES string of the molecule is CN(C)CCOc1ccc(-c2nccs2)cc1N. The van der Waals surface area contributed by atoms with E-state index in [2.05, 4.69) is 9.88 Å². The van der Waals surface area contributed by atoms with Crippen LogP contribution in [0.4, 0.5) is 5.69 Å². The van der Waals surface area contributed by atoms with Crippen molar-refractivity contribution in [2.45, 2.75) is 0 Å². The Kier molecular flexibility index (Phi) is 4.17. The molecule has 5 heteroatoms. The fourth-order valence-electron chi connectivity index (χ4n) is 1.52. The van der Waals surface area contributed by atoms with E-state index < -0.39 is 0 Å². The van der Waals surface area contributed by atoms with E-state index in [0.29, 0.717) is 12.3 Å². The summed E-state index contributed by atoms with van der Waals surface area (Å²) in [4.78, 5) is 6.33. The lowest BCUT2D eigenvalue weighted by atomic mass is 10.2. The zero-order chi connectivity index (χ0) is 13.0. The van der Waals surface area contributed by atoms with Crippen molar-refractivity contribution in [2.24, 2.45) is 0 Å². The van der Waals surface area contributed by atoms with Crippen LogP contribution in [0.5, 0.6) is 5.75 Å². The number of thiazole rings is 1. The molecule has 0 aliphatic rings. The van der Waals surface area contributed by atoms with Gasteiger partial charge in [0.2, 0.25) is 0 Å². The van der Waals surface area contributed by atoms with E-state index in [0.717, 1.165) is 22.9 Å². The van der Waals surface area contributed by atoms with Crippen molar-refractivity contribution in [1.82, 2.24) is 9.88 Å². The summed E-state index contributed by atoms with van der Waals surface area (Å²) in [7, 11) is 4.02. The van der Waals surface area contributed by atoms with Gasteiger partial charge in [-0.2, -0.15) is 0 Å². The minimum absolute atomic E-state index is 0.633. The minimum Gasteiger partial charge on any atom is -0.490 e. The van der Waals surface area contributed by atoms with Crippen LogP contribution in [-0.4, -0.2) is 37.1 Å². The van der Waals surface area contributed by atoms with Crippen LogP contribution in [0.3, 0.4) is 0 Å². The molecule has 1 aromatic heterocycles. The van der Waals surface area contributed by atoms with Crippen LogP contribution in [0.15, 0.2) is 29.8 Å². The Bertz CT molecular complexity index is 497. The predicted octanol–water partition coefficient (Wildman–Crippen LogP) is 2.33. The maximum Gasteiger partial charge on any atom is 0.142 e. The van der Waals surface area contributed by atoms with E-state index >= 15 is 0 Å². The van der Waals surface area contributed by atoms with Crippen molar-refractivity contribution in [3.8, 4) is 16.3 Å². The Labute approximate surface area is 111 Å². The molecule has 96 valence electrons. The summed E-state index contributed by atoms with van der Waals surface area (Å²) in [6.45, 7) is 1.50. The van der Waals surface area contributed by atoms with Crippen molar-refractivity contribution in [3.63, 3.8) is 0 Å². The first-order valence-electron chi connectivity index (χ1n) is 5.74. The lowest BCUT2D eigenvalue weighted by Crippen LogP contribution is -2.19. The molecule has 1 heterocycles. The molecule has 1 aromatic carbocycles. The second-order valence-corrected chi connectivity index (χ2v) is 5.14. The number of nitrogens with two attached hydrogens (primary N) is 1. The molecule has 18 heavy (non-hydrogen) atoms. The molecule has 0 saturated heterocycles. The zero-order valence-corrected chi connectivity index (χ0v) is 11.4. The number of nitrogens with zero attached hydrogens (tertiary/aromatic N) is 2. The number of benzene rings is 1. The molecule has 2 aromatic rings. The molecule has 2 N–H and O–H groups in total. The number of anilines is 1. The summed E-state index contributed by atoms with van der Waals surface area (Å²) < 4.78 is 5.64. The number of nitrogen functional groups attached to an aromatic ring is 1. The van der Waals surface area contributed by atoms with Crippen LogP contribution < -0.4 is 10.5 Å². The fourth-order valence-corrected chi connectivity index (χ4v) is 2.15. The smallest absolute Gasteiger partial charge is 0.142 e. The average Bonchev–Trinajstić information content (AvgIpc) is 2.84. The second kappa shape index (κ2) is 5.84. The monoisotopic (exact) mass is 263 g/mol. The highest BCUT2D eigenvalue weighted by Crippen LogP contribution is 2.29. The normalized spacial score (nSPS) is 10.8. The molecule has 0 saturated carbocycles. The number of hydrogen-bond donors (Lipinski definition) is 1. The molecule has 0 aliphatic carbocycles. The molecule has 0 fully saturated rings. The number of rotatable bonds is 5. The Balaban J connectivity index is 2.06. The summed E-state index contributed by atoms with van der Waals surface area (Å²) in [6.07, 6.45) is 1.79. The van der Waals surface area contributed by atoms with Gasteiger partial charge in [-0.3, -0.25) is 0 Å². The first-order valence-corrected chi connectivity index (χ1v) is 6.61. The highest BCUT2D eigenvalue weighted by Gasteiger charge is 2.05. The molecule has 0 radical (unpaired) electrons. The van der Waals surface area contributed by atoms with E-state index in [1.54, 1.807) is 17.5 Å². The van der Waals surface area contributed by atoms with Crippen LogP contribution in [0.2, 0.25) is 0 Å². The third-order valence-corrected chi connectivity index (χ3v) is 3.31. The number of aromatic nitrogens is 1. The molecule has 2 rings (SSSR count). The molecule has 0 spiro atoms. The highest BCUT2D eigenvalue weighted by molar-refractivity contribution is 7.13. The molecule has 0 amide bonds. The van der Waals surface area contributed by atoms with Crippen molar-refractivity contribution in [3.05, 3.63) is 29.8 Å². The van der Waals surface area contributed by atoms with Gasteiger partial charge >= 0.3 is 0 Å². The number of ether oxygens (including phenoxy) is 1. The van der Waals surface area contributed by atoms with Gasteiger partial charge in [-0.15, -0.1) is 11.3 Å². The maximum atomic E-state index is 5.98. The van der Waals surface area contributed by atoms with E-state index in [1.165, 1.54) is 0 Å². The quantitative estimate of drug-likeness (QED) is 0.841.